The number of aliphatic hydroxyl groups is 1. The number of benzene rings is 2. The van der Waals surface area contributed by atoms with Crippen LogP contribution in [0.3, 0.4) is 0 Å². The Labute approximate surface area is 225 Å². The minimum Gasteiger partial charge on any atom is -0.490 e. The molecule has 8 heteroatoms. The van der Waals surface area contributed by atoms with Crippen LogP contribution in [-0.4, -0.2) is 47.5 Å². The summed E-state index contributed by atoms with van der Waals surface area (Å²) >= 11 is 5.30. The van der Waals surface area contributed by atoms with E-state index < -0.39 is 6.10 Å². The number of rotatable bonds is 11. The average molecular weight is 576 g/mol. The van der Waals surface area contributed by atoms with E-state index in [0.717, 1.165) is 26.0 Å². The second kappa shape index (κ2) is 13.0. The van der Waals surface area contributed by atoms with Crippen molar-refractivity contribution in [3.8, 4) is 5.75 Å². The van der Waals surface area contributed by atoms with Crippen LogP contribution in [0.4, 0.5) is 0 Å². The van der Waals surface area contributed by atoms with Crippen LogP contribution in [0.2, 0.25) is 0 Å². The topological polar surface area (TPSA) is 72.7 Å². The number of nitrogens with one attached hydrogen (secondary N) is 1. The number of aliphatic hydroxyl groups excluding tert-OH is 1. The van der Waals surface area contributed by atoms with Gasteiger partial charge in [-0.05, 0) is 60.0 Å². The largest absolute Gasteiger partial charge is 0.490 e. The minimum atomic E-state index is -0.618. The molecule has 194 valence electrons. The highest BCUT2D eigenvalue weighted by Gasteiger charge is 2.24. The Kier molecular flexibility index (Phi) is 9.76. The Morgan fingerprint density at radius 2 is 1.97 bits per heavy atom. The lowest BCUT2D eigenvalue weighted by Crippen LogP contribution is -2.39. The maximum atomic E-state index is 13.1. The summed E-state index contributed by atoms with van der Waals surface area (Å²) in [7, 11) is 1.97. The van der Waals surface area contributed by atoms with Crippen molar-refractivity contribution in [3.05, 3.63) is 58.2 Å². The Morgan fingerprint density at radius 1 is 1.22 bits per heavy atom. The molecule has 6 nitrogen and oxygen atoms in total. The number of ether oxygens (including phenoxy) is 2. The van der Waals surface area contributed by atoms with Crippen molar-refractivity contribution in [1.82, 2.24) is 9.88 Å². The number of esters is 1. The summed E-state index contributed by atoms with van der Waals surface area (Å²) in [6, 6.07) is 14.5. The Morgan fingerprint density at radius 3 is 2.69 bits per heavy atom. The highest BCUT2D eigenvalue weighted by Crippen LogP contribution is 2.37. The molecule has 3 aromatic rings. The van der Waals surface area contributed by atoms with Crippen LogP contribution in [0.1, 0.15) is 55.1 Å². The minimum absolute atomic E-state index is 0.169. The zero-order valence-electron chi connectivity index (χ0n) is 21.0. The van der Waals surface area contributed by atoms with E-state index in [1.807, 2.05) is 44.3 Å². The molecular weight excluding hydrogens is 540 g/mol. The lowest BCUT2D eigenvalue weighted by molar-refractivity contribution is 0.0527. The SMILES string of the molecule is CCOC(=O)c1c(CSc2ccccc2)n(C)c2cc(Br)c(OC[C@@H](O)CNC3CCCCC3)cc12. The molecule has 1 atom stereocenters. The quantitative estimate of drug-likeness (QED) is 0.214. The van der Waals surface area contributed by atoms with Gasteiger partial charge >= 0.3 is 5.97 Å². The normalized spacial score (nSPS) is 15.2. The van der Waals surface area contributed by atoms with Gasteiger partial charge in [0.15, 0.2) is 0 Å². The fourth-order valence-electron chi connectivity index (χ4n) is 4.72. The molecule has 1 aliphatic carbocycles. The maximum Gasteiger partial charge on any atom is 0.340 e. The van der Waals surface area contributed by atoms with Crippen molar-refractivity contribution in [3.63, 3.8) is 0 Å². The van der Waals surface area contributed by atoms with Gasteiger partial charge in [-0.3, -0.25) is 0 Å². The summed E-state index contributed by atoms with van der Waals surface area (Å²) < 4.78 is 14.3. The number of halogens is 1. The van der Waals surface area contributed by atoms with Crippen molar-refractivity contribution in [1.29, 1.82) is 0 Å². The molecule has 0 aliphatic heterocycles. The van der Waals surface area contributed by atoms with Crippen molar-refractivity contribution in [2.75, 3.05) is 19.8 Å². The van der Waals surface area contributed by atoms with Gasteiger partial charge in [0.1, 0.15) is 18.5 Å². The monoisotopic (exact) mass is 574 g/mol. The van der Waals surface area contributed by atoms with Crippen molar-refractivity contribution in [2.24, 2.45) is 7.05 Å². The second-order valence-corrected chi connectivity index (χ2v) is 11.1. The molecule has 2 aromatic carbocycles. The molecule has 2 N–H and O–H groups in total. The first-order valence-corrected chi connectivity index (χ1v) is 14.5. The zero-order valence-corrected chi connectivity index (χ0v) is 23.4. The maximum absolute atomic E-state index is 13.1. The van der Waals surface area contributed by atoms with E-state index in [-0.39, 0.29) is 12.6 Å². The molecule has 0 spiro atoms. The van der Waals surface area contributed by atoms with Gasteiger partial charge in [-0.1, -0.05) is 37.5 Å². The van der Waals surface area contributed by atoms with Crippen LogP contribution < -0.4 is 10.1 Å². The van der Waals surface area contributed by atoms with E-state index in [9.17, 15) is 9.90 Å². The van der Waals surface area contributed by atoms with Crippen molar-refractivity contribution in [2.45, 2.75) is 61.8 Å². The van der Waals surface area contributed by atoms with E-state index in [0.29, 0.717) is 36.3 Å². The van der Waals surface area contributed by atoms with E-state index in [2.05, 4.69) is 37.9 Å². The van der Waals surface area contributed by atoms with Crippen LogP contribution in [0, 0.1) is 0 Å². The molecule has 1 saturated carbocycles. The molecule has 0 radical (unpaired) electrons. The first-order valence-electron chi connectivity index (χ1n) is 12.7. The molecule has 36 heavy (non-hydrogen) atoms. The summed E-state index contributed by atoms with van der Waals surface area (Å²) in [5.74, 6) is 0.886. The van der Waals surface area contributed by atoms with Gasteiger partial charge in [0, 0.05) is 41.4 Å². The van der Waals surface area contributed by atoms with E-state index >= 15 is 0 Å². The number of hydrogen-bond acceptors (Lipinski definition) is 6. The molecule has 1 aliphatic rings. The van der Waals surface area contributed by atoms with E-state index in [1.54, 1.807) is 11.8 Å². The number of thioether (sulfide) groups is 1. The van der Waals surface area contributed by atoms with Gasteiger partial charge < -0.3 is 24.5 Å². The van der Waals surface area contributed by atoms with Crippen LogP contribution >= 0.6 is 27.7 Å². The lowest BCUT2D eigenvalue weighted by atomic mass is 9.95. The van der Waals surface area contributed by atoms with Crippen molar-refractivity contribution < 1.29 is 19.4 Å². The summed E-state index contributed by atoms with van der Waals surface area (Å²) in [4.78, 5) is 14.2. The third-order valence-corrected chi connectivity index (χ3v) is 8.29. The second-order valence-electron chi connectivity index (χ2n) is 9.21. The first-order chi connectivity index (χ1) is 17.5. The van der Waals surface area contributed by atoms with Crippen LogP contribution in [0.25, 0.3) is 10.9 Å². The number of nitrogens with zero attached hydrogens (tertiary/aromatic N) is 1. The Bertz CT molecular complexity index is 1160. The summed E-state index contributed by atoms with van der Waals surface area (Å²) in [6.45, 7) is 2.79. The molecule has 0 unspecified atom stereocenters. The smallest absolute Gasteiger partial charge is 0.340 e. The van der Waals surface area contributed by atoms with Gasteiger partial charge in [0.05, 0.1) is 22.2 Å². The van der Waals surface area contributed by atoms with E-state index in [4.69, 9.17) is 9.47 Å². The van der Waals surface area contributed by atoms with Crippen molar-refractivity contribution >= 4 is 44.6 Å². The summed E-state index contributed by atoms with van der Waals surface area (Å²) in [5.41, 5.74) is 2.38. The highest BCUT2D eigenvalue weighted by molar-refractivity contribution is 9.10. The highest BCUT2D eigenvalue weighted by atomic mass is 79.9. The summed E-state index contributed by atoms with van der Waals surface area (Å²) in [5, 5.41) is 14.8. The molecular formula is C28H35BrN2O4S. The molecule has 1 fully saturated rings. The molecule has 1 aromatic heterocycles. The van der Waals surface area contributed by atoms with Gasteiger partial charge in [-0.2, -0.15) is 0 Å². The third-order valence-electron chi connectivity index (χ3n) is 6.65. The number of aromatic nitrogens is 1. The van der Waals surface area contributed by atoms with E-state index in [1.165, 1.54) is 32.1 Å². The van der Waals surface area contributed by atoms with Crippen LogP contribution in [0.5, 0.6) is 5.75 Å². The third kappa shape index (κ3) is 6.65. The summed E-state index contributed by atoms with van der Waals surface area (Å²) in [6.07, 6.45) is 5.54. The van der Waals surface area contributed by atoms with Crippen LogP contribution in [0.15, 0.2) is 51.8 Å². The predicted molar refractivity (Wildman–Crippen MR) is 149 cm³/mol. The molecule has 0 bridgehead atoms. The fourth-order valence-corrected chi connectivity index (χ4v) is 6.16. The molecule has 1 heterocycles. The predicted octanol–water partition coefficient (Wildman–Crippen LogP) is 6.07. The Hall–Kier alpha value is -2.00. The molecule has 0 amide bonds. The number of carbonyl (C=O) groups is 1. The fraction of sp³-hybridized carbons (Fsp3) is 0.464. The van der Waals surface area contributed by atoms with Crippen LogP contribution in [-0.2, 0) is 17.5 Å². The molecule has 0 saturated heterocycles. The van der Waals surface area contributed by atoms with Gasteiger partial charge in [-0.25, -0.2) is 4.79 Å². The van der Waals surface area contributed by atoms with Gasteiger partial charge in [-0.15, -0.1) is 11.8 Å². The zero-order chi connectivity index (χ0) is 25.5. The standard InChI is InChI=1S/C28H35BrN2O4S/c1-3-34-28(33)27-22-14-26(35-17-20(32)16-30-19-10-6-4-7-11-19)23(29)15-24(22)31(2)25(27)18-36-21-12-8-5-9-13-21/h5,8-9,12-15,19-20,30,32H,3-4,6-7,10-11,16-18H2,1-2H3/t20-/m0/s1. The lowest BCUT2D eigenvalue weighted by Gasteiger charge is -2.24. The number of aryl methyl sites for hydroxylation is 1. The number of carbonyl (C=O) groups excluding carboxylic acids is 1. The van der Waals surface area contributed by atoms with Gasteiger partial charge in [0.2, 0.25) is 0 Å². The Balaban J connectivity index is 1.53. The number of fused-ring (bicyclic) bond motifs is 1. The average Bonchev–Trinajstić information content (AvgIpc) is 3.16. The number of hydrogen-bond donors (Lipinski definition) is 2. The van der Waals surface area contributed by atoms with Gasteiger partial charge in [0.25, 0.3) is 0 Å². The first kappa shape index (κ1) is 27.0. The molecule has 4 rings (SSSR count).